The van der Waals surface area contributed by atoms with Gasteiger partial charge in [0.2, 0.25) is 29.5 Å². The zero-order valence-corrected chi connectivity index (χ0v) is 26.2. The van der Waals surface area contributed by atoms with Crippen molar-refractivity contribution >= 4 is 41.3 Å². The molecule has 44 heavy (non-hydrogen) atoms. The Kier molecular flexibility index (Phi) is 15.0. The van der Waals surface area contributed by atoms with Crippen LogP contribution in [0.5, 0.6) is 11.5 Å². The fraction of sp³-hybridized carbons (Fsp3) is 0.433. The number of hydrogen-bond acceptors (Lipinski definition) is 9. The molecule has 0 heterocycles. The van der Waals surface area contributed by atoms with Crippen LogP contribution in [0, 0.1) is 0 Å². The van der Waals surface area contributed by atoms with Gasteiger partial charge in [-0.2, -0.15) is 11.8 Å². The van der Waals surface area contributed by atoms with Crippen LogP contribution in [0.25, 0.3) is 0 Å². The van der Waals surface area contributed by atoms with Crippen molar-refractivity contribution in [1.82, 2.24) is 21.3 Å². The summed E-state index contributed by atoms with van der Waals surface area (Å²) in [5.41, 5.74) is 13.0. The molecule has 2 rings (SSSR count). The van der Waals surface area contributed by atoms with Crippen LogP contribution in [-0.2, 0) is 36.8 Å². The van der Waals surface area contributed by atoms with Gasteiger partial charge in [-0.05, 0) is 55.0 Å². The van der Waals surface area contributed by atoms with E-state index < -0.39 is 60.2 Å². The van der Waals surface area contributed by atoms with Gasteiger partial charge in [-0.25, -0.2) is 0 Å². The van der Waals surface area contributed by atoms with Gasteiger partial charge in [0.15, 0.2) is 11.5 Å². The van der Waals surface area contributed by atoms with Crippen LogP contribution in [0.2, 0.25) is 0 Å². The summed E-state index contributed by atoms with van der Waals surface area (Å²) in [7, 11) is 3.02. The summed E-state index contributed by atoms with van der Waals surface area (Å²) in [6.45, 7) is 1.000. The fourth-order valence-electron chi connectivity index (χ4n) is 4.16. The van der Waals surface area contributed by atoms with Crippen molar-refractivity contribution in [1.29, 1.82) is 0 Å². The highest BCUT2D eigenvalue weighted by molar-refractivity contribution is 7.98. The summed E-state index contributed by atoms with van der Waals surface area (Å²) in [5, 5.41) is 10.2. The summed E-state index contributed by atoms with van der Waals surface area (Å²) in [6.07, 6.45) is 2.53. The fourth-order valence-corrected chi connectivity index (χ4v) is 4.63. The van der Waals surface area contributed by atoms with Crippen molar-refractivity contribution in [3.8, 4) is 11.5 Å². The molecule has 8 N–H and O–H groups in total. The topological polar surface area (TPSA) is 204 Å². The quantitative estimate of drug-likeness (QED) is 0.127. The first kappa shape index (κ1) is 35.9. The molecule has 4 atom stereocenters. The highest BCUT2D eigenvalue weighted by Crippen LogP contribution is 2.27. The predicted molar refractivity (Wildman–Crippen MR) is 168 cm³/mol. The summed E-state index contributed by atoms with van der Waals surface area (Å²) < 4.78 is 10.5. The van der Waals surface area contributed by atoms with Crippen molar-refractivity contribution in [2.24, 2.45) is 11.5 Å². The average Bonchev–Trinajstić information content (AvgIpc) is 3.01. The Morgan fingerprint density at radius 2 is 1.50 bits per heavy atom. The third-order valence-corrected chi connectivity index (χ3v) is 7.26. The van der Waals surface area contributed by atoms with E-state index in [1.807, 2.05) is 12.3 Å². The highest BCUT2D eigenvalue weighted by Gasteiger charge is 2.27. The predicted octanol–water partition coefficient (Wildman–Crippen LogP) is -0.355. The zero-order chi connectivity index (χ0) is 32.6. The van der Waals surface area contributed by atoms with E-state index in [4.69, 9.17) is 20.9 Å². The van der Waals surface area contributed by atoms with E-state index in [-0.39, 0.29) is 12.8 Å². The first-order valence-electron chi connectivity index (χ1n) is 14.0. The number of amides is 5. The van der Waals surface area contributed by atoms with Crippen LogP contribution in [-0.4, -0.2) is 86.5 Å². The second-order valence-electron chi connectivity index (χ2n) is 10.0. The molecule has 0 unspecified atom stereocenters. The first-order valence-corrected chi connectivity index (χ1v) is 15.3. The molecule has 0 radical (unpaired) electrons. The largest absolute Gasteiger partial charge is 0.493 e. The van der Waals surface area contributed by atoms with Gasteiger partial charge in [-0.1, -0.05) is 36.4 Å². The second kappa shape index (κ2) is 18.4. The molecule has 5 amide bonds. The van der Waals surface area contributed by atoms with Gasteiger partial charge < -0.3 is 42.2 Å². The van der Waals surface area contributed by atoms with Crippen LogP contribution in [0.15, 0.2) is 48.5 Å². The Balaban J connectivity index is 1.94. The molecular weight excluding hydrogens is 588 g/mol. The van der Waals surface area contributed by atoms with Gasteiger partial charge in [0.1, 0.15) is 18.1 Å². The Morgan fingerprint density at radius 3 is 2.11 bits per heavy atom. The normalized spacial score (nSPS) is 13.4. The van der Waals surface area contributed by atoms with Gasteiger partial charge in [-0.15, -0.1) is 0 Å². The lowest BCUT2D eigenvalue weighted by Crippen LogP contribution is -2.56. The number of nitrogens with one attached hydrogen (secondary N) is 4. The lowest BCUT2D eigenvalue weighted by molar-refractivity contribution is -0.132. The number of benzene rings is 2. The summed E-state index contributed by atoms with van der Waals surface area (Å²) in [5.74, 6) is -1.44. The zero-order valence-electron chi connectivity index (χ0n) is 25.4. The van der Waals surface area contributed by atoms with Crippen molar-refractivity contribution < 1.29 is 33.4 Å². The summed E-state index contributed by atoms with van der Waals surface area (Å²) in [6, 6.07) is 10.3. The maximum absolute atomic E-state index is 13.1. The Hall–Kier alpha value is -4.30. The number of primary amides is 1. The molecule has 2 aromatic rings. The minimum absolute atomic E-state index is 0.144. The van der Waals surface area contributed by atoms with Crippen LogP contribution in [0.1, 0.15) is 24.5 Å². The number of rotatable bonds is 18. The van der Waals surface area contributed by atoms with Crippen molar-refractivity contribution in [3.63, 3.8) is 0 Å². The van der Waals surface area contributed by atoms with E-state index in [9.17, 15) is 24.0 Å². The van der Waals surface area contributed by atoms with Crippen LogP contribution in [0.4, 0.5) is 0 Å². The Morgan fingerprint density at radius 1 is 0.818 bits per heavy atom. The number of nitrogens with two attached hydrogens (primary N) is 2. The number of ether oxygens (including phenoxy) is 2. The number of thioether (sulfide) groups is 1. The molecule has 0 aliphatic rings. The molecule has 0 aliphatic heterocycles. The minimum Gasteiger partial charge on any atom is -0.493 e. The third kappa shape index (κ3) is 11.8. The molecule has 0 spiro atoms. The van der Waals surface area contributed by atoms with E-state index >= 15 is 0 Å². The molecule has 0 aromatic heterocycles. The van der Waals surface area contributed by atoms with Gasteiger partial charge in [-0.3, -0.25) is 24.0 Å². The third-order valence-electron chi connectivity index (χ3n) is 6.62. The van der Waals surface area contributed by atoms with E-state index in [1.165, 1.54) is 32.9 Å². The Labute approximate surface area is 261 Å². The van der Waals surface area contributed by atoms with Gasteiger partial charge in [0, 0.05) is 6.42 Å². The van der Waals surface area contributed by atoms with Crippen LogP contribution < -0.4 is 42.2 Å². The molecule has 0 saturated carbocycles. The lowest BCUT2D eigenvalue weighted by Gasteiger charge is -2.22. The number of methoxy groups -OCH3 is 2. The molecule has 14 heteroatoms. The first-order chi connectivity index (χ1) is 21.0. The molecule has 240 valence electrons. The van der Waals surface area contributed by atoms with E-state index in [2.05, 4.69) is 21.3 Å². The Bertz CT molecular complexity index is 1280. The molecule has 2 aromatic carbocycles. The SMILES string of the molecule is COc1ccc(C[C@H](N)C(=O)N[C@H](C)C(=O)NCC(=O)N[C@@H](Cc2ccccc2)C(=O)N[C@@H](CCSC)C(N)=O)cc1OC. The minimum atomic E-state index is -1.04. The standard InChI is InChI=1S/C30H42N6O7S/c1-18(34-29(40)21(31)14-20-10-11-24(42-2)25(16-20)43-3)28(39)33-17-26(37)35-23(15-19-8-6-5-7-9-19)30(41)36-22(27(32)38)12-13-44-4/h5-11,16,18,21-23H,12-15,17,31H2,1-4H3,(H2,32,38)(H,33,39)(H,34,40)(H,35,37)(H,36,41)/t18-,21+,22+,23+/m1/s1. The number of carbonyl (C=O) groups excluding carboxylic acids is 5. The molecule has 0 aliphatic carbocycles. The molecule has 13 nitrogen and oxygen atoms in total. The average molecular weight is 631 g/mol. The smallest absolute Gasteiger partial charge is 0.243 e. The van der Waals surface area contributed by atoms with E-state index in [0.29, 0.717) is 23.7 Å². The molecule has 0 saturated heterocycles. The molecule has 0 fully saturated rings. The molecular formula is C30H42N6O7S. The second-order valence-corrected chi connectivity index (χ2v) is 11.0. The summed E-state index contributed by atoms with van der Waals surface area (Å²) >= 11 is 1.50. The maximum Gasteiger partial charge on any atom is 0.243 e. The number of carbonyl (C=O) groups is 5. The summed E-state index contributed by atoms with van der Waals surface area (Å²) in [4.78, 5) is 63.0. The number of hydrogen-bond donors (Lipinski definition) is 6. The molecule has 0 bridgehead atoms. The van der Waals surface area contributed by atoms with Crippen LogP contribution >= 0.6 is 11.8 Å². The van der Waals surface area contributed by atoms with Crippen LogP contribution in [0.3, 0.4) is 0 Å². The van der Waals surface area contributed by atoms with E-state index in [1.54, 1.807) is 42.5 Å². The van der Waals surface area contributed by atoms with Gasteiger partial charge in [0.25, 0.3) is 0 Å². The van der Waals surface area contributed by atoms with Gasteiger partial charge in [0.05, 0.1) is 26.8 Å². The maximum atomic E-state index is 13.1. The van der Waals surface area contributed by atoms with E-state index in [0.717, 1.165) is 11.1 Å². The van der Waals surface area contributed by atoms with Gasteiger partial charge >= 0.3 is 0 Å². The lowest BCUT2D eigenvalue weighted by atomic mass is 10.0. The van der Waals surface area contributed by atoms with Crippen molar-refractivity contribution in [2.75, 3.05) is 32.8 Å². The van der Waals surface area contributed by atoms with Crippen molar-refractivity contribution in [3.05, 3.63) is 59.7 Å². The highest BCUT2D eigenvalue weighted by atomic mass is 32.2. The monoisotopic (exact) mass is 630 g/mol. The van der Waals surface area contributed by atoms with Crippen molar-refractivity contribution in [2.45, 2.75) is 50.4 Å².